The second kappa shape index (κ2) is 3.85. The maximum Gasteiger partial charge on any atom is 0.241 e. The van der Waals surface area contributed by atoms with Crippen molar-refractivity contribution in [3.05, 3.63) is 34.4 Å². The molecule has 2 aromatic rings. The van der Waals surface area contributed by atoms with Crippen LogP contribution >= 0.6 is 23.2 Å². The number of halogens is 2. The lowest BCUT2D eigenvalue weighted by atomic mass is 10.2. The fraction of sp³-hybridized carbons (Fsp3) is 0. The van der Waals surface area contributed by atoms with Gasteiger partial charge in [-0.1, -0.05) is 23.2 Å². The molecule has 0 unspecified atom stereocenters. The Morgan fingerprint density at radius 2 is 1.81 bits per heavy atom. The van der Waals surface area contributed by atoms with Gasteiger partial charge in [-0.2, -0.15) is 0 Å². The number of benzene rings is 1. The van der Waals surface area contributed by atoms with E-state index in [1.54, 1.807) is 12.1 Å². The number of aromatic nitrogens is 1. The number of fused-ring (bicyclic) bond motifs is 1. The fourth-order valence-corrected chi connectivity index (χ4v) is 2.86. The van der Waals surface area contributed by atoms with Crippen LogP contribution in [0.4, 0.5) is 0 Å². The SMILES string of the molecule is NS(=O)(=O)c1c(Cl)ccc2c(Cl)ccnc12. The van der Waals surface area contributed by atoms with Crippen LogP contribution in [-0.2, 0) is 10.0 Å². The summed E-state index contributed by atoms with van der Waals surface area (Å²) in [6, 6.07) is 4.59. The lowest BCUT2D eigenvalue weighted by Gasteiger charge is -2.06. The highest BCUT2D eigenvalue weighted by Crippen LogP contribution is 2.31. The summed E-state index contributed by atoms with van der Waals surface area (Å²) in [6.07, 6.45) is 1.40. The Morgan fingerprint density at radius 1 is 1.12 bits per heavy atom. The first-order valence-electron chi connectivity index (χ1n) is 4.17. The highest BCUT2D eigenvalue weighted by atomic mass is 35.5. The number of nitrogens with two attached hydrogens (primary N) is 1. The standard InChI is InChI=1S/C9H6Cl2N2O2S/c10-6-3-4-13-8-5(6)1-2-7(11)9(8)16(12,14)15/h1-4H,(H2,12,14,15). The summed E-state index contributed by atoms with van der Waals surface area (Å²) in [4.78, 5) is 3.74. The van der Waals surface area contributed by atoms with E-state index in [0.29, 0.717) is 10.4 Å². The third kappa shape index (κ3) is 1.87. The van der Waals surface area contributed by atoms with Crippen molar-refractivity contribution in [2.45, 2.75) is 4.90 Å². The lowest BCUT2D eigenvalue weighted by Crippen LogP contribution is -2.13. The molecule has 84 valence electrons. The van der Waals surface area contributed by atoms with E-state index in [1.165, 1.54) is 12.3 Å². The number of pyridine rings is 1. The first-order chi connectivity index (χ1) is 7.41. The third-order valence-electron chi connectivity index (χ3n) is 2.05. The van der Waals surface area contributed by atoms with Crippen molar-refractivity contribution < 1.29 is 8.42 Å². The van der Waals surface area contributed by atoms with Gasteiger partial charge in [0.05, 0.1) is 15.6 Å². The van der Waals surface area contributed by atoms with Gasteiger partial charge >= 0.3 is 0 Å². The quantitative estimate of drug-likeness (QED) is 0.868. The zero-order chi connectivity index (χ0) is 11.9. The molecule has 0 aliphatic heterocycles. The fourth-order valence-electron chi connectivity index (χ4n) is 1.41. The van der Waals surface area contributed by atoms with E-state index in [2.05, 4.69) is 4.98 Å². The van der Waals surface area contributed by atoms with Gasteiger partial charge in [-0.05, 0) is 18.2 Å². The van der Waals surface area contributed by atoms with E-state index in [1.807, 2.05) is 0 Å². The zero-order valence-corrected chi connectivity index (χ0v) is 10.1. The maximum absolute atomic E-state index is 11.4. The molecule has 0 atom stereocenters. The van der Waals surface area contributed by atoms with E-state index in [9.17, 15) is 8.42 Å². The van der Waals surface area contributed by atoms with E-state index in [0.717, 1.165) is 0 Å². The van der Waals surface area contributed by atoms with Gasteiger partial charge in [-0.25, -0.2) is 13.6 Å². The van der Waals surface area contributed by atoms with Crippen molar-refractivity contribution in [3.8, 4) is 0 Å². The monoisotopic (exact) mass is 276 g/mol. The van der Waals surface area contributed by atoms with Crippen LogP contribution in [0.3, 0.4) is 0 Å². The molecule has 4 nitrogen and oxygen atoms in total. The Hall–Kier alpha value is -0.880. The molecule has 2 N–H and O–H groups in total. The molecule has 2 rings (SSSR count). The van der Waals surface area contributed by atoms with Crippen molar-refractivity contribution in [2.24, 2.45) is 5.14 Å². The van der Waals surface area contributed by atoms with Crippen LogP contribution in [0.5, 0.6) is 0 Å². The average Bonchev–Trinajstić information content (AvgIpc) is 2.15. The van der Waals surface area contributed by atoms with Crippen LogP contribution in [0, 0.1) is 0 Å². The number of hydrogen-bond donors (Lipinski definition) is 1. The topological polar surface area (TPSA) is 73.1 Å². The number of hydrogen-bond acceptors (Lipinski definition) is 3. The van der Waals surface area contributed by atoms with Crippen LogP contribution in [0.2, 0.25) is 10.0 Å². The van der Waals surface area contributed by atoms with Crippen LogP contribution < -0.4 is 5.14 Å². The first-order valence-corrected chi connectivity index (χ1v) is 6.47. The molecule has 1 heterocycles. The smallest absolute Gasteiger partial charge is 0.241 e. The van der Waals surface area contributed by atoms with Crippen LogP contribution in [0.15, 0.2) is 29.3 Å². The Balaban J connectivity index is 3.03. The van der Waals surface area contributed by atoms with Crippen molar-refractivity contribution >= 4 is 44.1 Å². The highest BCUT2D eigenvalue weighted by Gasteiger charge is 2.18. The molecule has 1 aromatic heterocycles. The molecule has 7 heteroatoms. The summed E-state index contributed by atoms with van der Waals surface area (Å²) in [5, 5.41) is 6.00. The van der Waals surface area contributed by atoms with Gasteiger partial charge in [-0.3, -0.25) is 4.98 Å². The van der Waals surface area contributed by atoms with E-state index < -0.39 is 10.0 Å². The van der Waals surface area contributed by atoms with Crippen molar-refractivity contribution in [3.63, 3.8) is 0 Å². The highest BCUT2D eigenvalue weighted by molar-refractivity contribution is 7.89. The van der Waals surface area contributed by atoms with Gasteiger partial charge < -0.3 is 0 Å². The van der Waals surface area contributed by atoms with Crippen molar-refractivity contribution in [2.75, 3.05) is 0 Å². The normalized spacial score (nSPS) is 11.9. The van der Waals surface area contributed by atoms with E-state index >= 15 is 0 Å². The third-order valence-corrected chi connectivity index (χ3v) is 3.79. The Morgan fingerprint density at radius 3 is 2.44 bits per heavy atom. The predicted octanol–water partition coefficient (Wildman–Crippen LogP) is 2.19. The number of sulfonamides is 1. The van der Waals surface area contributed by atoms with Gasteiger partial charge in [-0.15, -0.1) is 0 Å². The maximum atomic E-state index is 11.4. The molecule has 1 aromatic carbocycles. The Labute approximate surface area is 102 Å². The summed E-state index contributed by atoms with van der Waals surface area (Å²) in [7, 11) is -3.93. The molecule has 0 saturated carbocycles. The van der Waals surface area contributed by atoms with Gasteiger partial charge in [0.1, 0.15) is 4.90 Å². The van der Waals surface area contributed by atoms with Crippen LogP contribution in [-0.4, -0.2) is 13.4 Å². The molecular weight excluding hydrogens is 271 g/mol. The van der Waals surface area contributed by atoms with Crippen molar-refractivity contribution in [1.82, 2.24) is 4.98 Å². The summed E-state index contributed by atoms with van der Waals surface area (Å²) < 4.78 is 22.8. The Bertz CT molecular complexity index is 671. The number of primary sulfonamides is 1. The molecule has 0 saturated heterocycles. The molecule has 0 fully saturated rings. The predicted molar refractivity (Wildman–Crippen MR) is 63.1 cm³/mol. The second-order valence-electron chi connectivity index (χ2n) is 3.11. The molecule has 0 bridgehead atoms. The minimum Gasteiger partial charge on any atom is -0.255 e. The minimum absolute atomic E-state index is 0.0322. The largest absolute Gasteiger partial charge is 0.255 e. The summed E-state index contributed by atoms with van der Waals surface area (Å²) in [5.41, 5.74) is 0.183. The number of rotatable bonds is 1. The first kappa shape index (κ1) is 11.6. The summed E-state index contributed by atoms with van der Waals surface area (Å²) in [6.45, 7) is 0. The molecule has 0 spiro atoms. The van der Waals surface area contributed by atoms with E-state index in [4.69, 9.17) is 28.3 Å². The second-order valence-corrected chi connectivity index (χ2v) is 5.42. The lowest BCUT2D eigenvalue weighted by molar-refractivity contribution is 0.598. The molecule has 16 heavy (non-hydrogen) atoms. The van der Waals surface area contributed by atoms with Gasteiger partial charge in [0, 0.05) is 11.6 Å². The van der Waals surface area contributed by atoms with Crippen molar-refractivity contribution in [1.29, 1.82) is 0 Å². The Kier molecular flexibility index (Phi) is 2.79. The summed E-state index contributed by atoms with van der Waals surface area (Å²) in [5.74, 6) is 0. The minimum atomic E-state index is -3.93. The molecule has 0 radical (unpaired) electrons. The van der Waals surface area contributed by atoms with Crippen LogP contribution in [0.1, 0.15) is 0 Å². The number of nitrogens with zero attached hydrogens (tertiary/aromatic N) is 1. The summed E-state index contributed by atoms with van der Waals surface area (Å²) >= 11 is 11.7. The average molecular weight is 277 g/mol. The molecular formula is C9H6Cl2N2O2S. The van der Waals surface area contributed by atoms with Gasteiger partial charge in [0.25, 0.3) is 0 Å². The zero-order valence-electron chi connectivity index (χ0n) is 7.81. The molecule has 0 amide bonds. The van der Waals surface area contributed by atoms with Crippen LogP contribution in [0.25, 0.3) is 10.9 Å². The van der Waals surface area contributed by atoms with Gasteiger partial charge in [0.2, 0.25) is 10.0 Å². The van der Waals surface area contributed by atoms with Gasteiger partial charge in [0.15, 0.2) is 0 Å². The molecule has 0 aliphatic carbocycles. The molecule has 0 aliphatic rings. The van der Waals surface area contributed by atoms with E-state index in [-0.39, 0.29) is 15.4 Å².